The normalized spacial score (nSPS) is 12.0. The van der Waals surface area contributed by atoms with Crippen LogP contribution in [0.4, 0.5) is 5.69 Å². The van der Waals surface area contributed by atoms with Crippen molar-refractivity contribution >= 4 is 22.9 Å². The number of nitrogens with one attached hydrogen (secondary N) is 1. The molecule has 0 radical (unpaired) electrons. The summed E-state index contributed by atoms with van der Waals surface area (Å²) in [7, 11) is 0. The summed E-state index contributed by atoms with van der Waals surface area (Å²) >= 11 is 1.48. The van der Waals surface area contributed by atoms with Crippen molar-refractivity contribution in [3.05, 3.63) is 71.4 Å². The number of fused-ring (bicyclic) bond motifs is 3. The molecule has 0 bridgehead atoms. The number of para-hydroxylation sites is 1. The molecule has 3 heterocycles. The van der Waals surface area contributed by atoms with Gasteiger partial charge >= 0.3 is 0 Å². The van der Waals surface area contributed by atoms with E-state index in [1.807, 2.05) is 54.6 Å². The molecular weight excluding hydrogens is 362 g/mol. The minimum atomic E-state index is -0.137. The van der Waals surface area contributed by atoms with Gasteiger partial charge in [0.1, 0.15) is 18.7 Å². The Morgan fingerprint density at radius 2 is 2.00 bits per heavy atom. The van der Waals surface area contributed by atoms with Crippen molar-refractivity contribution in [2.24, 2.45) is 0 Å². The largest absolute Gasteiger partial charge is 0.488 e. The van der Waals surface area contributed by atoms with Gasteiger partial charge in [0, 0.05) is 21.7 Å². The topological polar surface area (TPSA) is 81.9 Å². The zero-order chi connectivity index (χ0) is 18.2. The van der Waals surface area contributed by atoms with Crippen molar-refractivity contribution < 1.29 is 9.53 Å². The Kier molecular flexibility index (Phi) is 3.68. The van der Waals surface area contributed by atoms with Crippen LogP contribution in [0.2, 0.25) is 0 Å². The van der Waals surface area contributed by atoms with Gasteiger partial charge in [0.25, 0.3) is 5.91 Å². The van der Waals surface area contributed by atoms with Crippen LogP contribution in [0.5, 0.6) is 5.75 Å². The van der Waals surface area contributed by atoms with E-state index in [9.17, 15) is 4.79 Å². The highest BCUT2D eigenvalue weighted by atomic mass is 32.1. The standard InChI is InChI=1S/C19H13N5O2S/c25-19(21-13-5-7-14(8-6-13)24-11-20-22-23-24)17-9-12-10-26-16-4-2-1-3-15(16)18(12)27-17/h1-9,11H,10H2,(H,21,25). The van der Waals surface area contributed by atoms with Crippen LogP contribution in [0, 0.1) is 0 Å². The zero-order valence-corrected chi connectivity index (χ0v) is 14.8. The van der Waals surface area contributed by atoms with Crippen LogP contribution in [0.15, 0.2) is 60.9 Å². The second kappa shape index (κ2) is 6.33. The van der Waals surface area contributed by atoms with Gasteiger partial charge in [0.2, 0.25) is 0 Å². The molecule has 0 unspecified atom stereocenters. The van der Waals surface area contributed by atoms with E-state index in [0.717, 1.165) is 27.4 Å². The summed E-state index contributed by atoms with van der Waals surface area (Å²) in [4.78, 5) is 14.4. The van der Waals surface area contributed by atoms with Crippen LogP contribution in [0.3, 0.4) is 0 Å². The molecule has 1 N–H and O–H groups in total. The fraction of sp³-hybridized carbons (Fsp3) is 0.0526. The molecule has 132 valence electrons. The minimum absolute atomic E-state index is 0.137. The molecule has 0 fully saturated rings. The molecule has 4 aromatic rings. The molecule has 5 rings (SSSR count). The van der Waals surface area contributed by atoms with Crippen LogP contribution in [0.1, 0.15) is 15.2 Å². The quantitative estimate of drug-likeness (QED) is 0.592. The molecule has 1 aliphatic heterocycles. The van der Waals surface area contributed by atoms with Gasteiger partial charge in [0.05, 0.1) is 10.6 Å². The first-order valence-corrected chi connectivity index (χ1v) is 9.09. The highest BCUT2D eigenvalue weighted by Gasteiger charge is 2.22. The third kappa shape index (κ3) is 2.85. The average Bonchev–Trinajstić information content (AvgIpc) is 3.38. The number of anilines is 1. The van der Waals surface area contributed by atoms with Crippen LogP contribution in [0.25, 0.3) is 16.1 Å². The zero-order valence-electron chi connectivity index (χ0n) is 14.0. The SMILES string of the molecule is O=C(Nc1ccc(-n2cnnn2)cc1)c1cc2c(s1)-c1ccccc1OC2. The Morgan fingerprint density at radius 3 is 2.81 bits per heavy atom. The molecule has 0 saturated heterocycles. The summed E-state index contributed by atoms with van der Waals surface area (Å²) in [6.07, 6.45) is 1.52. The summed E-state index contributed by atoms with van der Waals surface area (Å²) < 4.78 is 7.32. The lowest BCUT2D eigenvalue weighted by Crippen LogP contribution is -2.10. The molecule has 7 nitrogen and oxygen atoms in total. The first-order valence-electron chi connectivity index (χ1n) is 8.27. The van der Waals surface area contributed by atoms with Gasteiger partial charge in [-0.15, -0.1) is 16.4 Å². The van der Waals surface area contributed by atoms with Gasteiger partial charge in [-0.2, -0.15) is 0 Å². The maximum Gasteiger partial charge on any atom is 0.265 e. The molecule has 0 spiro atoms. The molecule has 0 atom stereocenters. The number of hydrogen-bond acceptors (Lipinski definition) is 6. The lowest BCUT2D eigenvalue weighted by Gasteiger charge is -2.16. The lowest BCUT2D eigenvalue weighted by molar-refractivity contribution is 0.103. The van der Waals surface area contributed by atoms with Crippen molar-refractivity contribution in [2.75, 3.05) is 5.32 Å². The van der Waals surface area contributed by atoms with Gasteiger partial charge in [-0.1, -0.05) is 12.1 Å². The number of thiophene rings is 1. The molecule has 1 aliphatic rings. The maximum absolute atomic E-state index is 12.7. The fourth-order valence-corrected chi connectivity index (χ4v) is 4.07. The number of rotatable bonds is 3. The number of tetrazole rings is 1. The average molecular weight is 375 g/mol. The van der Waals surface area contributed by atoms with E-state index >= 15 is 0 Å². The predicted octanol–water partition coefficient (Wildman–Crippen LogP) is 3.54. The Labute approximate surface area is 158 Å². The highest BCUT2D eigenvalue weighted by Crippen LogP contribution is 2.42. The van der Waals surface area contributed by atoms with Crippen molar-refractivity contribution in [1.29, 1.82) is 0 Å². The minimum Gasteiger partial charge on any atom is -0.488 e. The van der Waals surface area contributed by atoms with Gasteiger partial charge in [-0.05, 0) is 52.9 Å². The first-order chi connectivity index (χ1) is 13.3. The van der Waals surface area contributed by atoms with Crippen LogP contribution >= 0.6 is 11.3 Å². The highest BCUT2D eigenvalue weighted by molar-refractivity contribution is 7.17. The van der Waals surface area contributed by atoms with Crippen molar-refractivity contribution in [3.63, 3.8) is 0 Å². The Bertz CT molecular complexity index is 1120. The molecule has 27 heavy (non-hydrogen) atoms. The summed E-state index contributed by atoms with van der Waals surface area (Å²) in [5.41, 5.74) is 3.60. The Balaban J connectivity index is 1.37. The van der Waals surface area contributed by atoms with E-state index in [1.165, 1.54) is 17.7 Å². The monoisotopic (exact) mass is 375 g/mol. The Hall–Kier alpha value is -3.52. The van der Waals surface area contributed by atoms with E-state index in [2.05, 4.69) is 20.8 Å². The smallest absolute Gasteiger partial charge is 0.265 e. The number of hydrogen-bond donors (Lipinski definition) is 1. The second-order valence-corrected chi connectivity index (χ2v) is 7.06. The van der Waals surface area contributed by atoms with Gasteiger partial charge in [-0.25, -0.2) is 4.68 Å². The number of aromatic nitrogens is 4. The Morgan fingerprint density at radius 1 is 1.15 bits per heavy atom. The summed E-state index contributed by atoms with van der Waals surface area (Å²) in [6.45, 7) is 0.483. The number of carbonyl (C=O) groups is 1. The van der Waals surface area contributed by atoms with Crippen molar-refractivity contribution in [1.82, 2.24) is 20.2 Å². The third-order valence-corrected chi connectivity index (χ3v) is 5.50. The number of amides is 1. The van der Waals surface area contributed by atoms with Gasteiger partial charge in [-0.3, -0.25) is 4.79 Å². The van der Waals surface area contributed by atoms with E-state index in [1.54, 1.807) is 4.68 Å². The maximum atomic E-state index is 12.7. The number of ether oxygens (including phenoxy) is 1. The molecule has 2 aromatic carbocycles. The van der Waals surface area contributed by atoms with Crippen molar-refractivity contribution in [2.45, 2.75) is 6.61 Å². The van der Waals surface area contributed by atoms with E-state index in [-0.39, 0.29) is 5.91 Å². The van der Waals surface area contributed by atoms with E-state index < -0.39 is 0 Å². The van der Waals surface area contributed by atoms with Gasteiger partial charge < -0.3 is 10.1 Å². The van der Waals surface area contributed by atoms with Crippen molar-refractivity contribution in [3.8, 4) is 21.9 Å². The second-order valence-electron chi connectivity index (χ2n) is 6.01. The third-order valence-electron chi connectivity index (χ3n) is 4.29. The van der Waals surface area contributed by atoms with Crippen LogP contribution < -0.4 is 10.1 Å². The van der Waals surface area contributed by atoms with Gasteiger partial charge in [0.15, 0.2) is 0 Å². The van der Waals surface area contributed by atoms with E-state index in [0.29, 0.717) is 17.2 Å². The number of nitrogens with zero attached hydrogens (tertiary/aromatic N) is 4. The number of benzene rings is 2. The summed E-state index contributed by atoms with van der Waals surface area (Å²) in [6, 6.07) is 17.1. The van der Waals surface area contributed by atoms with E-state index in [4.69, 9.17) is 4.74 Å². The molecule has 0 saturated carbocycles. The first kappa shape index (κ1) is 15.7. The molecule has 0 aliphatic carbocycles. The number of carbonyl (C=O) groups excluding carboxylic acids is 1. The lowest BCUT2D eigenvalue weighted by atomic mass is 10.1. The van der Waals surface area contributed by atoms with Crippen LogP contribution in [-0.4, -0.2) is 26.1 Å². The fourth-order valence-electron chi connectivity index (χ4n) is 2.98. The molecule has 8 heteroatoms. The molecule has 2 aromatic heterocycles. The molecular formula is C19H13N5O2S. The summed E-state index contributed by atoms with van der Waals surface area (Å²) in [5, 5.41) is 14.0. The predicted molar refractivity (Wildman–Crippen MR) is 101 cm³/mol. The van der Waals surface area contributed by atoms with Crippen LogP contribution in [-0.2, 0) is 6.61 Å². The molecule has 1 amide bonds. The summed E-state index contributed by atoms with van der Waals surface area (Å²) in [5.74, 6) is 0.721.